The zero-order valence-electron chi connectivity index (χ0n) is 14.2. The molecular weight excluding hydrogens is 362 g/mol. The Balaban J connectivity index is 1.75. The summed E-state index contributed by atoms with van der Waals surface area (Å²) in [5.41, 5.74) is -0.110. The maximum absolute atomic E-state index is 13.4. The van der Waals surface area contributed by atoms with Gasteiger partial charge in [-0.2, -0.15) is 0 Å². The highest BCUT2D eigenvalue weighted by molar-refractivity contribution is 6.01. The van der Waals surface area contributed by atoms with Crippen LogP contribution >= 0.6 is 0 Å². The molecule has 7 nitrogen and oxygen atoms in total. The van der Waals surface area contributed by atoms with Crippen LogP contribution in [0.2, 0.25) is 0 Å². The maximum atomic E-state index is 13.4. The fraction of sp³-hybridized carbons (Fsp3) is 0.167. The van der Waals surface area contributed by atoms with Gasteiger partial charge >= 0.3 is 12.0 Å². The van der Waals surface area contributed by atoms with Gasteiger partial charge in [-0.15, -0.1) is 0 Å². The number of nitrogens with one attached hydrogen (secondary N) is 2. The van der Waals surface area contributed by atoms with Crippen molar-refractivity contribution in [1.29, 1.82) is 0 Å². The van der Waals surface area contributed by atoms with Gasteiger partial charge in [0.05, 0.1) is 5.69 Å². The molecule has 0 spiro atoms. The van der Waals surface area contributed by atoms with Crippen molar-refractivity contribution in [2.75, 3.05) is 11.9 Å². The van der Waals surface area contributed by atoms with Crippen molar-refractivity contribution < 1.29 is 32.6 Å². The Morgan fingerprint density at radius 2 is 1.70 bits per heavy atom. The zero-order valence-corrected chi connectivity index (χ0v) is 14.2. The summed E-state index contributed by atoms with van der Waals surface area (Å²) in [7, 11) is 0. The van der Waals surface area contributed by atoms with Crippen LogP contribution in [0.15, 0.2) is 48.5 Å². The number of hydrogen-bond acceptors (Lipinski definition) is 5. The molecule has 2 rings (SSSR count). The zero-order chi connectivity index (χ0) is 19.8. The molecule has 0 unspecified atom stereocenters. The Labute approximate surface area is 153 Å². The van der Waals surface area contributed by atoms with Crippen molar-refractivity contribution in [1.82, 2.24) is 5.32 Å². The van der Waals surface area contributed by atoms with Gasteiger partial charge in [0.25, 0.3) is 5.91 Å². The van der Waals surface area contributed by atoms with Crippen LogP contribution in [0.3, 0.4) is 0 Å². The summed E-state index contributed by atoms with van der Waals surface area (Å²) in [4.78, 5) is 35.0. The van der Waals surface area contributed by atoms with Crippen LogP contribution in [-0.2, 0) is 14.3 Å². The molecule has 0 aliphatic rings. The molecule has 0 aliphatic carbocycles. The van der Waals surface area contributed by atoms with Crippen LogP contribution in [0.4, 0.5) is 19.3 Å². The number of hydrogen-bond donors (Lipinski definition) is 2. The molecule has 0 saturated heterocycles. The fourth-order valence-corrected chi connectivity index (χ4v) is 1.90. The standard InChI is InChI=1S/C18H16F2N2O5/c1-11(27-13-8-6-12(19)7-9-13)17(24)26-10-16(23)22-18(25)21-15-5-3-2-4-14(15)20/h2-9,11H,10H2,1H3,(H2,21,22,23,25)/t11-/m1/s1. The quantitative estimate of drug-likeness (QED) is 0.754. The van der Waals surface area contributed by atoms with E-state index in [1.807, 2.05) is 5.32 Å². The molecule has 27 heavy (non-hydrogen) atoms. The predicted molar refractivity (Wildman–Crippen MR) is 91.0 cm³/mol. The monoisotopic (exact) mass is 378 g/mol. The molecule has 0 saturated carbocycles. The number of imide groups is 1. The smallest absolute Gasteiger partial charge is 0.347 e. The van der Waals surface area contributed by atoms with Gasteiger partial charge < -0.3 is 14.8 Å². The van der Waals surface area contributed by atoms with Crippen molar-refractivity contribution in [3.05, 3.63) is 60.2 Å². The number of esters is 1. The van der Waals surface area contributed by atoms with Gasteiger partial charge in [-0.25, -0.2) is 18.4 Å². The third-order valence-electron chi connectivity index (χ3n) is 3.18. The summed E-state index contributed by atoms with van der Waals surface area (Å²) >= 11 is 0. The number of ether oxygens (including phenoxy) is 2. The number of rotatable bonds is 6. The summed E-state index contributed by atoms with van der Waals surface area (Å²) in [5.74, 6) is -2.65. The van der Waals surface area contributed by atoms with Gasteiger partial charge in [-0.1, -0.05) is 12.1 Å². The van der Waals surface area contributed by atoms with Crippen LogP contribution in [0, 0.1) is 11.6 Å². The van der Waals surface area contributed by atoms with Crippen molar-refractivity contribution in [3.63, 3.8) is 0 Å². The number of halogens is 2. The first kappa shape index (κ1) is 19.8. The van der Waals surface area contributed by atoms with Gasteiger partial charge in [0.1, 0.15) is 17.4 Å². The summed E-state index contributed by atoms with van der Waals surface area (Å²) in [6.07, 6.45) is -1.06. The second-order valence-corrected chi connectivity index (χ2v) is 5.30. The molecule has 0 heterocycles. The number of urea groups is 1. The molecule has 2 aromatic carbocycles. The number of anilines is 1. The highest BCUT2D eigenvalue weighted by Crippen LogP contribution is 2.14. The van der Waals surface area contributed by atoms with E-state index < -0.39 is 42.3 Å². The van der Waals surface area contributed by atoms with Gasteiger partial charge in [0.2, 0.25) is 0 Å². The molecule has 9 heteroatoms. The Morgan fingerprint density at radius 3 is 2.37 bits per heavy atom. The summed E-state index contributed by atoms with van der Waals surface area (Å²) in [5, 5.41) is 4.04. The molecule has 2 N–H and O–H groups in total. The fourth-order valence-electron chi connectivity index (χ4n) is 1.90. The summed E-state index contributed by atoms with van der Waals surface area (Å²) in [6, 6.07) is 9.41. The lowest BCUT2D eigenvalue weighted by Gasteiger charge is -2.14. The van der Waals surface area contributed by atoms with Crippen molar-refractivity contribution >= 4 is 23.6 Å². The minimum Gasteiger partial charge on any atom is -0.479 e. The van der Waals surface area contributed by atoms with E-state index in [9.17, 15) is 23.2 Å². The van der Waals surface area contributed by atoms with Gasteiger partial charge in [0, 0.05) is 0 Å². The molecule has 142 valence electrons. The second kappa shape index (κ2) is 9.27. The molecule has 1 atom stereocenters. The molecule has 3 amide bonds. The van der Waals surface area contributed by atoms with Gasteiger partial charge in [0.15, 0.2) is 12.7 Å². The van der Waals surface area contributed by atoms with Crippen LogP contribution < -0.4 is 15.4 Å². The minimum absolute atomic E-state index is 0.110. The maximum Gasteiger partial charge on any atom is 0.347 e. The Morgan fingerprint density at radius 1 is 1.04 bits per heavy atom. The van der Waals surface area contributed by atoms with E-state index >= 15 is 0 Å². The lowest BCUT2D eigenvalue weighted by atomic mass is 10.3. The van der Waals surface area contributed by atoms with E-state index in [0.717, 1.165) is 18.2 Å². The number of carbonyl (C=O) groups excluding carboxylic acids is 3. The average molecular weight is 378 g/mol. The van der Waals surface area contributed by atoms with Crippen LogP contribution in [0.25, 0.3) is 0 Å². The second-order valence-electron chi connectivity index (χ2n) is 5.30. The van der Waals surface area contributed by atoms with E-state index in [0.29, 0.717) is 0 Å². The van der Waals surface area contributed by atoms with E-state index in [-0.39, 0.29) is 11.4 Å². The first-order valence-electron chi connectivity index (χ1n) is 7.79. The SMILES string of the molecule is C[C@@H](Oc1ccc(F)cc1)C(=O)OCC(=O)NC(=O)Nc1ccccc1F. The van der Waals surface area contributed by atoms with Crippen molar-refractivity contribution in [2.24, 2.45) is 0 Å². The number of carbonyl (C=O) groups is 3. The summed E-state index contributed by atoms with van der Waals surface area (Å²) < 4.78 is 36.2. The molecular formula is C18H16F2N2O5. The van der Waals surface area contributed by atoms with Gasteiger partial charge in [-0.3, -0.25) is 10.1 Å². The minimum atomic E-state index is -1.06. The first-order chi connectivity index (χ1) is 12.8. The lowest BCUT2D eigenvalue weighted by molar-refractivity contribution is -0.154. The van der Waals surface area contributed by atoms with Crippen LogP contribution in [0.1, 0.15) is 6.92 Å². The molecule has 0 radical (unpaired) electrons. The molecule has 0 fully saturated rings. The van der Waals surface area contributed by atoms with E-state index in [2.05, 4.69) is 5.32 Å². The Bertz CT molecular complexity index is 827. The third-order valence-corrected chi connectivity index (χ3v) is 3.18. The van der Waals surface area contributed by atoms with Crippen molar-refractivity contribution in [3.8, 4) is 5.75 Å². The Hall–Kier alpha value is -3.49. The van der Waals surface area contributed by atoms with Crippen LogP contribution in [-0.4, -0.2) is 30.6 Å². The molecule has 0 bridgehead atoms. The van der Waals surface area contributed by atoms with E-state index in [4.69, 9.17) is 9.47 Å². The third kappa shape index (κ3) is 6.38. The highest BCUT2D eigenvalue weighted by Gasteiger charge is 2.19. The molecule has 0 aromatic heterocycles. The Kier molecular flexibility index (Phi) is 6.81. The normalized spacial score (nSPS) is 11.2. The first-order valence-corrected chi connectivity index (χ1v) is 7.79. The van der Waals surface area contributed by atoms with E-state index in [1.54, 1.807) is 0 Å². The lowest BCUT2D eigenvalue weighted by Crippen LogP contribution is -2.38. The van der Waals surface area contributed by atoms with Gasteiger partial charge in [-0.05, 0) is 43.3 Å². The van der Waals surface area contributed by atoms with Crippen molar-refractivity contribution in [2.45, 2.75) is 13.0 Å². The molecule has 2 aromatic rings. The topological polar surface area (TPSA) is 93.7 Å². The average Bonchev–Trinajstić information content (AvgIpc) is 2.63. The highest BCUT2D eigenvalue weighted by atomic mass is 19.1. The number of para-hydroxylation sites is 1. The van der Waals surface area contributed by atoms with Crippen LogP contribution in [0.5, 0.6) is 5.75 Å². The largest absolute Gasteiger partial charge is 0.479 e. The number of benzene rings is 2. The molecule has 0 aliphatic heterocycles. The number of amides is 3. The summed E-state index contributed by atoms with van der Waals surface area (Å²) in [6.45, 7) is 0.648. The predicted octanol–water partition coefficient (Wildman–Crippen LogP) is 2.62. The van der Waals surface area contributed by atoms with E-state index in [1.165, 1.54) is 37.3 Å².